The highest BCUT2D eigenvalue weighted by molar-refractivity contribution is 5.29. The Morgan fingerprint density at radius 2 is 1.19 bits per heavy atom. The second-order valence-corrected chi connectivity index (χ2v) is 23.9. The average Bonchev–Trinajstić information content (AvgIpc) is 3.71. The summed E-state index contributed by atoms with van der Waals surface area (Å²) in [7, 11) is 0. The molecule has 21 heteroatoms. The van der Waals surface area contributed by atoms with Crippen LogP contribution in [0.5, 0.6) is 0 Å². The maximum atomic E-state index is 12.9. The minimum atomic E-state index is -1.86. The first-order valence-electron chi connectivity index (χ1n) is 26.7. The van der Waals surface area contributed by atoms with Crippen LogP contribution in [-0.2, 0) is 47.4 Å². The lowest BCUT2D eigenvalue weighted by molar-refractivity contribution is -0.394. The van der Waals surface area contributed by atoms with Gasteiger partial charge in [0.15, 0.2) is 30.9 Å². The van der Waals surface area contributed by atoms with Gasteiger partial charge >= 0.3 is 0 Å². The van der Waals surface area contributed by atoms with Crippen molar-refractivity contribution in [2.45, 2.75) is 253 Å². The molecule has 72 heavy (non-hydrogen) atoms. The van der Waals surface area contributed by atoms with Gasteiger partial charge in [-0.05, 0) is 101 Å². The molecular weight excluding hydrogens is 949 g/mol. The van der Waals surface area contributed by atoms with Gasteiger partial charge < -0.3 is 104 Å². The van der Waals surface area contributed by atoms with Gasteiger partial charge in [-0.15, -0.1) is 0 Å². The third-order valence-electron chi connectivity index (χ3n) is 20.0. The van der Waals surface area contributed by atoms with Crippen molar-refractivity contribution in [3.05, 3.63) is 11.6 Å². The normalized spacial score (nSPS) is 58.8. The summed E-state index contributed by atoms with van der Waals surface area (Å²) in [5.74, 6) is 0.531. The average molecular weight is 1030 g/mol. The van der Waals surface area contributed by atoms with E-state index >= 15 is 0 Å². The molecule has 0 amide bonds. The maximum absolute atomic E-state index is 12.9. The molecule has 4 aliphatic carbocycles. The van der Waals surface area contributed by atoms with Crippen LogP contribution in [-0.4, -0.2) is 216 Å². The number of aliphatic hydroxyl groups is 11. The van der Waals surface area contributed by atoms with E-state index in [0.29, 0.717) is 37.2 Å². The molecule has 0 bridgehead atoms. The van der Waals surface area contributed by atoms with Crippen molar-refractivity contribution in [1.82, 2.24) is 0 Å². The van der Waals surface area contributed by atoms with Crippen LogP contribution in [0.15, 0.2) is 11.6 Å². The number of allylic oxidation sites excluding steroid dienone is 1. The zero-order valence-electron chi connectivity index (χ0n) is 42.4. The number of ether oxygens (including phenoxy) is 10. The van der Waals surface area contributed by atoms with E-state index < -0.39 is 147 Å². The van der Waals surface area contributed by atoms with Crippen LogP contribution in [0.3, 0.4) is 0 Å². The minimum absolute atomic E-state index is 0.151. The predicted molar refractivity (Wildman–Crippen MR) is 245 cm³/mol. The van der Waals surface area contributed by atoms with E-state index in [0.717, 1.165) is 44.9 Å². The Morgan fingerprint density at radius 1 is 0.597 bits per heavy atom. The van der Waals surface area contributed by atoms with Crippen LogP contribution in [0.1, 0.15) is 106 Å². The van der Waals surface area contributed by atoms with E-state index in [-0.39, 0.29) is 28.8 Å². The van der Waals surface area contributed by atoms with Gasteiger partial charge in [-0.2, -0.15) is 0 Å². The van der Waals surface area contributed by atoms with Crippen LogP contribution in [0.25, 0.3) is 0 Å². The van der Waals surface area contributed by atoms with Crippen LogP contribution < -0.4 is 0 Å². The van der Waals surface area contributed by atoms with Crippen molar-refractivity contribution in [3.63, 3.8) is 0 Å². The van der Waals surface area contributed by atoms with E-state index in [9.17, 15) is 56.2 Å². The zero-order chi connectivity index (χ0) is 51.7. The van der Waals surface area contributed by atoms with E-state index in [2.05, 4.69) is 33.8 Å². The molecule has 9 fully saturated rings. The van der Waals surface area contributed by atoms with E-state index in [1.807, 2.05) is 0 Å². The van der Waals surface area contributed by atoms with Crippen LogP contribution in [0, 0.1) is 40.4 Å². The molecule has 0 aromatic carbocycles. The maximum Gasteiger partial charge on any atom is 0.187 e. The first-order chi connectivity index (χ1) is 34.0. The van der Waals surface area contributed by atoms with Gasteiger partial charge in [-0.1, -0.05) is 39.3 Å². The molecule has 6 aliphatic heterocycles. The number of hydrogen-bond acceptors (Lipinski definition) is 21. The third kappa shape index (κ3) is 8.63. The van der Waals surface area contributed by atoms with Gasteiger partial charge in [0.05, 0.1) is 43.7 Å². The summed E-state index contributed by atoms with van der Waals surface area (Å²) in [6, 6.07) is 0. The van der Waals surface area contributed by atoms with Crippen molar-refractivity contribution in [2.75, 3.05) is 13.2 Å². The second-order valence-electron chi connectivity index (χ2n) is 23.9. The predicted octanol–water partition coefficient (Wildman–Crippen LogP) is -0.792. The van der Waals surface area contributed by atoms with Crippen LogP contribution >= 0.6 is 0 Å². The molecule has 11 N–H and O–H groups in total. The molecule has 10 rings (SSSR count). The lowest BCUT2D eigenvalue weighted by Gasteiger charge is -2.60. The van der Waals surface area contributed by atoms with Gasteiger partial charge in [0.25, 0.3) is 0 Å². The summed E-state index contributed by atoms with van der Waals surface area (Å²) in [4.78, 5) is 0. The largest absolute Gasteiger partial charge is 0.394 e. The quantitative estimate of drug-likeness (QED) is 0.126. The lowest BCUT2D eigenvalue weighted by atomic mass is 9.46. The Balaban J connectivity index is 0.842. The van der Waals surface area contributed by atoms with Gasteiger partial charge in [-0.3, -0.25) is 0 Å². The summed E-state index contributed by atoms with van der Waals surface area (Å²) in [6.07, 6.45) is -21.2. The fourth-order valence-electron chi connectivity index (χ4n) is 15.4. The summed E-state index contributed by atoms with van der Waals surface area (Å²) < 4.78 is 61.9. The number of rotatable bonds is 9. The lowest BCUT2D eigenvalue weighted by Crippen LogP contribution is -2.67. The van der Waals surface area contributed by atoms with Gasteiger partial charge in [-0.25, -0.2) is 0 Å². The van der Waals surface area contributed by atoms with E-state index in [1.165, 1.54) is 26.3 Å². The molecule has 10 aliphatic rings. The molecule has 412 valence electrons. The molecule has 1 spiro atoms. The van der Waals surface area contributed by atoms with Crippen molar-refractivity contribution < 1.29 is 104 Å². The number of hydrogen-bond donors (Lipinski definition) is 11. The Hall–Kier alpha value is -1.10. The molecule has 0 aromatic heterocycles. The molecule has 0 unspecified atom stereocenters. The van der Waals surface area contributed by atoms with Crippen molar-refractivity contribution in [2.24, 2.45) is 40.4 Å². The van der Waals surface area contributed by atoms with Gasteiger partial charge in [0.1, 0.15) is 85.0 Å². The highest BCUT2D eigenvalue weighted by Crippen LogP contribution is 2.72. The fraction of sp³-hybridized carbons (Fsp3) is 0.961. The molecule has 0 radical (unpaired) electrons. The van der Waals surface area contributed by atoms with Gasteiger partial charge in [0.2, 0.25) is 0 Å². The zero-order valence-corrected chi connectivity index (χ0v) is 42.4. The molecular formula is C51H82O21. The Morgan fingerprint density at radius 3 is 1.81 bits per heavy atom. The Kier molecular flexibility index (Phi) is 15.1. The summed E-state index contributed by atoms with van der Waals surface area (Å²) >= 11 is 0. The molecule has 6 heterocycles. The topological polar surface area (TPSA) is 315 Å². The molecule has 3 saturated carbocycles. The van der Waals surface area contributed by atoms with E-state index in [1.54, 1.807) is 0 Å². The second kappa shape index (κ2) is 20.0. The number of fused-ring (bicyclic) bond motifs is 7. The summed E-state index contributed by atoms with van der Waals surface area (Å²) in [6.45, 7) is 13.3. The summed E-state index contributed by atoms with van der Waals surface area (Å²) in [5.41, 5.74) is -0.230. The van der Waals surface area contributed by atoms with Crippen molar-refractivity contribution >= 4 is 0 Å². The number of aliphatic hydroxyl groups excluding tert-OH is 10. The Bertz CT molecular complexity index is 1940. The molecule has 0 aromatic rings. The highest BCUT2D eigenvalue weighted by atomic mass is 16.8. The van der Waals surface area contributed by atoms with Gasteiger partial charge in [0, 0.05) is 17.8 Å². The molecule has 6 saturated heterocycles. The van der Waals surface area contributed by atoms with Crippen LogP contribution in [0.2, 0.25) is 0 Å². The molecule has 21 nitrogen and oxygen atoms in total. The SMILES string of the molecule is C[C@@H]1CC[C@]2(OC1)O[C@@H]1C[C@H]3[C@@H]4CC=C5C[C@H](O[C@@H]6O[C@H](CO)[C@@H](O[C@@H]7O[C@@H](C)[C@H](O[C@@H]8O[C@@H](C)[C@H](O)[C@@H](O)[C@H]8O)[C@@H](O)[C@H]7O)[C@H](O)[C@H]6O[C@@H]6O[C@@H](C)[C@H](O)[C@@H](O)[C@H]6O)CC[C@]5(C)[C@H]4CC[C@]3(C)[C@@]1(O)[C@@H]2C. The Labute approximate surface area is 420 Å². The minimum Gasteiger partial charge on any atom is -0.394 e. The van der Waals surface area contributed by atoms with Crippen molar-refractivity contribution in [1.29, 1.82) is 0 Å². The standard InChI is InChI=1S/C51H82O21/c1-20-10-15-50(63-19-20)24(5)51(62)31(72-50)17-29-27-9-8-25-16-26(11-13-48(25,6)28(27)12-14-49(29,51)7)67-47-43(71-45-38(59)35(56)33(54)22(3)65-45)40(61)42(30(18-52)68-47)70-46-39(60)36(57)41(23(4)66-46)69-44-37(58)34(55)32(53)21(2)64-44/h8,20-24,26-47,52-62H,9-19H2,1-7H3/t20-,21+,22+,23+,24-,26-,27-,28+,29+,30-,31-,32+,33+,34-,35-,36+,37-,38-,39-,40+,41+,42-,43-,44+,45+,46+,47-,48+,49+,50+,51-/m1/s1. The highest BCUT2D eigenvalue weighted by Gasteiger charge is 2.76. The molecule has 31 atom stereocenters. The van der Waals surface area contributed by atoms with E-state index in [4.69, 9.17) is 47.4 Å². The smallest absolute Gasteiger partial charge is 0.187 e. The fourth-order valence-corrected chi connectivity index (χ4v) is 15.4. The monoisotopic (exact) mass is 1030 g/mol. The first kappa shape index (κ1) is 54.3. The van der Waals surface area contributed by atoms with Crippen molar-refractivity contribution in [3.8, 4) is 0 Å². The first-order valence-corrected chi connectivity index (χ1v) is 26.7. The summed E-state index contributed by atoms with van der Waals surface area (Å²) in [5, 5.41) is 122. The van der Waals surface area contributed by atoms with Crippen LogP contribution in [0.4, 0.5) is 0 Å². The third-order valence-corrected chi connectivity index (χ3v) is 20.0.